The minimum absolute atomic E-state index is 0.222. The number of nitrogens with one attached hydrogen (secondary N) is 1. The van der Waals surface area contributed by atoms with Gasteiger partial charge >= 0.3 is 0 Å². The molecule has 1 aromatic heterocycles. The van der Waals surface area contributed by atoms with Crippen molar-refractivity contribution >= 4 is 50.7 Å². The van der Waals surface area contributed by atoms with Crippen LogP contribution in [0.5, 0.6) is 0 Å². The summed E-state index contributed by atoms with van der Waals surface area (Å²) in [5.74, 6) is -0.222. The van der Waals surface area contributed by atoms with Crippen LogP contribution in [0.2, 0.25) is 10.0 Å². The molecule has 0 aliphatic carbocycles. The number of carbonyl (C=O) groups is 1. The zero-order chi connectivity index (χ0) is 14.0. The topological polar surface area (TPSA) is 46.9 Å². The molecule has 0 radical (unpaired) electrons. The molecule has 2 rings (SSSR count). The highest BCUT2D eigenvalue weighted by atomic mass is 79.9. The highest BCUT2D eigenvalue weighted by Gasteiger charge is 2.17. The Labute approximate surface area is 128 Å². The Morgan fingerprint density at radius 2 is 2.21 bits per heavy atom. The van der Waals surface area contributed by atoms with E-state index in [1.807, 2.05) is 0 Å². The molecule has 1 amide bonds. The molecule has 0 saturated heterocycles. The zero-order valence-electron chi connectivity index (χ0n) is 9.90. The second-order valence-electron chi connectivity index (χ2n) is 3.91. The molecule has 2 aromatic rings. The maximum Gasteiger partial charge on any atom is 0.248 e. The molecule has 0 saturated carbocycles. The maximum absolute atomic E-state index is 12.1. The summed E-state index contributed by atoms with van der Waals surface area (Å²) in [7, 11) is 0. The molecule has 1 heterocycles. The average molecular weight is 363 g/mol. The number of carbonyl (C=O) groups excluding carboxylic acids is 1. The lowest BCUT2D eigenvalue weighted by molar-refractivity contribution is -0.119. The molecule has 1 aromatic carbocycles. The third kappa shape index (κ3) is 3.29. The quantitative estimate of drug-likeness (QED) is 0.891. The average Bonchev–Trinajstić information content (AvgIpc) is 2.80. The normalized spacial score (nSPS) is 12.2. The van der Waals surface area contributed by atoms with Crippen molar-refractivity contribution in [1.29, 1.82) is 0 Å². The van der Waals surface area contributed by atoms with Crippen molar-refractivity contribution in [2.75, 3.05) is 5.32 Å². The van der Waals surface area contributed by atoms with Crippen molar-refractivity contribution in [1.82, 2.24) is 9.78 Å². The number of rotatable bonds is 3. The van der Waals surface area contributed by atoms with Gasteiger partial charge in [-0.25, -0.2) is 0 Å². The van der Waals surface area contributed by atoms with E-state index >= 15 is 0 Å². The van der Waals surface area contributed by atoms with Crippen LogP contribution in [-0.4, -0.2) is 15.7 Å². The summed E-state index contributed by atoms with van der Waals surface area (Å²) in [5, 5.41) is 7.52. The third-order valence-electron chi connectivity index (χ3n) is 2.56. The fraction of sp³-hybridized carbons (Fsp3) is 0.167. The summed E-state index contributed by atoms with van der Waals surface area (Å²) in [6, 6.07) is 4.62. The van der Waals surface area contributed by atoms with Crippen LogP contribution in [0.25, 0.3) is 0 Å². The van der Waals surface area contributed by atoms with E-state index in [0.29, 0.717) is 15.7 Å². The summed E-state index contributed by atoms with van der Waals surface area (Å²) >= 11 is 15.2. The van der Waals surface area contributed by atoms with Crippen molar-refractivity contribution in [2.45, 2.75) is 13.0 Å². The lowest BCUT2D eigenvalue weighted by Gasteiger charge is -2.13. The summed E-state index contributed by atoms with van der Waals surface area (Å²) in [5.41, 5.74) is 0.484. The van der Waals surface area contributed by atoms with Gasteiger partial charge in [-0.2, -0.15) is 5.10 Å². The predicted molar refractivity (Wildman–Crippen MR) is 79.7 cm³/mol. The highest BCUT2D eigenvalue weighted by Crippen LogP contribution is 2.30. The van der Waals surface area contributed by atoms with Crippen LogP contribution in [0, 0.1) is 0 Å². The zero-order valence-corrected chi connectivity index (χ0v) is 13.0. The molecule has 100 valence electrons. The van der Waals surface area contributed by atoms with Gasteiger partial charge in [-0.3, -0.25) is 9.48 Å². The number of nitrogens with zero attached hydrogens (tertiary/aromatic N) is 2. The molecule has 0 bridgehead atoms. The second kappa shape index (κ2) is 5.94. The SMILES string of the molecule is C[C@H](C(=O)Nc1cccc(Cl)c1Cl)n1cc(Br)cn1. The molecule has 4 nitrogen and oxygen atoms in total. The Bertz CT molecular complexity index is 615. The van der Waals surface area contributed by atoms with E-state index < -0.39 is 6.04 Å². The summed E-state index contributed by atoms with van der Waals surface area (Å²) in [6.45, 7) is 1.74. The molecular formula is C12H10BrCl2N3O. The molecule has 1 N–H and O–H groups in total. The van der Waals surface area contributed by atoms with Gasteiger partial charge in [0.2, 0.25) is 5.91 Å². The molecule has 7 heteroatoms. The number of benzene rings is 1. The van der Waals surface area contributed by atoms with Gasteiger partial charge in [0.1, 0.15) is 6.04 Å². The number of hydrogen-bond acceptors (Lipinski definition) is 2. The van der Waals surface area contributed by atoms with Crippen molar-refractivity contribution in [2.24, 2.45) is 0 Å². The van der Waals surface area contributed by atoms with Gasteiger partial charge in [-0.15, -0.1) is 0 Å². The summed E-state index contributed by atoms with van der Waals surface area (Å²) in [4.78, 5) is 12.1. The number of aromatic nitrogens is 2. The number of hydrogen-bond donors (Lipinski definition) is 1. The van der Waals surface area contributed by atoms with E-state index in [2.05, 4.69) is 26.3 Å². The monoisotopic (exact) mass is 361 g/mol. The van der Waals surface area contributed by atoms with Crippen LogP contribution in [-0.2, 0) is 4.79 Å². The molecule has 0 aliphatic heterocycles. The Balaban J connectivity index is 2.15. The van der Waals surface area contributed by atoms with Crippen LogP contribution >= 0.6 is 39.1 Å². The van der Waals surface area contributed by atoms with E-state index in [1.54, 1.807) is 42.2 Å². The standard InChI is InChI=1S/C12H10BrCl2N3O/c1-7(18-6-8(13)5-16-18)12(19)17-10-4-2-3-9(14)11(10)15/h2-7H,1H3,(H,17,19)/t7-/m1/s1. The van der Waals surface area contributed by atoms with Crippen LogP contribution < -0.4 is 5.32 Å². The second-order valence-corrected chi connectivity index (χ2v) is 5.61. The molecule has 0 aliphatic rings. The number of amides is 1. The first kappa shape index (κ1) is 14.4. The van der Waals surface area contributed by atoms with Gasteiger partial charge in [0.05, 0.1) is 26.4 Å². The number of anilines is 1. The summed E-state index contributed by atoms with van der Waals surface area (Å²) < 4.78 is 2.37. The smallest absolute Gasteiger partial charge is 0.248 e. The van der Waals surface area contributed by atoms with Gasteiger partial charge in [-0.05, 0) is 35.0 Å². The highest BCUT2D eigenvalue weighted by molar-refractivity contribution is 9.10. The van der Waals surface area contributed by atoms with E-state index in [1.165, 1.54) is 0 Å². The fourth-order valence-corrected chi connectivity index (χ4v) is 2.13. The minimum atomic E-state index is -0.457. The first-order chi connectivity index (χ1) is 8.99. The van der Waals surface area contributed by atoms with Gasteiger partial charge in [0.15, 0.2) is 0 Å². The minimum Gasteiger partial charge on any atom is -0.323 e. The first-order valence-corrected chi connectivity index (χ1v) is 6.98. The molecule has 0 unspecified atom stereocenters. The van der Waals surface area contributed by atoms with Gasteiger partial charge < -0.3 is 5.32 Å². The van der Waals surface area contributed by atoms with Crippen LogP contribution in [0.4, 0.5) is 5.69 Å². The first-order valence-electron chi connectivity index (χ1n) is 5.43. The Morgan fingerprint density at radius 1 is 1.47 bits per heavy atom. The summed E-state index contributed by atoms with van der Waals surface area (Å²) in [6.07, 6.45) is 3.35. The van der Waals surface area contributed by atoms with E-state index in [0.717, 1.165) is 4.47 Å². The predicted octanol–water partition coefficient (Wildman–Crippen LogP) is 4.15. The maximum atomic E-state index is 12.1. The van der Waals surface area contributed by atoms with Crippen molar-refractivity contribution in [3.8, 4) is 0 Å². The van der Waals surface area contributed by atoms with Crippen molar-refractivity contribution in [3.63, 3.8) is 0 Å². The largest absolute Gasteiger partial charge is 0.323 e. The van der Waals surface area contributed by atoms with Gasteiger partial charge in [0, 0.05) is 6.20 Å². The van der Waals surface area contributed by atoms with Crippen molar-refractivity contribution < 1.29 is 4.79 Å². The van der Waals surface area contributed by atoms with Crippen LogP contribution in [0.15, 0.2) is 35.1 Å². The van der Waals surface area contributed by atoms with E-state index in [9.17, 15) is 4.79 Å². The van der Waals surface area contributed by atoms with Crippen LogP contribution in [0.1, 0.15) is 13.0 Å². The molecule has 0 fully saturated rings. The number of halogens is 3. The fourth-order valence-electron chi connectivity index (χ4n) is 1.48. The molecule has 1 atom stereocenters. The van der Waals surface area contributed by atoms with Crippen LogP contribution in [0.3, 0.4) is 0 Å². The lowest BCUT2D eigenvalue weighted by Crippen LogP contribution is -2.24. The third-order valence-corrected chi connectivity index (χ3v) is 3.78. The Kier molecular flexibility index (Phi) is 4.50. The van der Waals surface area contributed by atoms with Crippen molar-refractivity contribution in [3.05, 3.63) is 45.1 Å². The Hall–Kier alpha value is -1.04. The molecule has 19 heavy (non-hydrogen) atoms. The molecule has 0 spiro atoms. The lowest BCUT2D eigenvalue weighted by atomic mass is 10.2. The van der Waals surface area contributed by atoms with E-state index in [-0.39, 0.29) is 5.91 Å². The van der Waals surface area contributed by atoms with Gasteiger partial charge in [0.25, 0.3) is 0 Å². The van der Waals surface area contributed by atoms with E-state index in [4.69, 9.17) is 23.2 Å². The Morgan fingerprint density at radius 3 is 2.84 bits per heavy atom. The molecular weight excluding hydrogens is 353 g/mol. The van der Waals surface area contributed by atoms with Gasteiger partial charge in [-0.1, -0.05) is 29.3 Å².